The number of hydrogen-bond donors (Lipinski definition) is 1. The highest BCUT2D eigenvalue weighted by Crippen LogP contribution is 2.41. The second kappa shape index (κ2) is 5.46. The van der Waals surface area contributed by atoms with Crippen LogP contribution in [-0.4, -0.2) is 12.0 Å². The van der Waals surface area contributed by atoms with Crippen LogP contribution in [0.3, 0.4) is 0 Å². The van der Waals surface area contributed by atoms with Crippen molar-refractivity contribution in [2.45, 2.75) is 0 Å². The smallest absolute Gasteiger partial charge is 0.319 e. The summed E-state index contributed by atoms with van der Waals surface area (Å²) < 4.78 is 16.2. The van der Waals surface area contributed by atoms with Crippen LogP contribution in [0.1, 0.15) is 0 Å². The van der Waals surface area contributed by atoms with Crippen LogP contribution in [0, 0.1) is 0 Å². The highest BCUT2D eigenvalue weighted by atomic mass is 31.2. The van der Waals surface area contributed by atoms with E-state index >= 15 is 0 Å². The van der Waals surface area contributed by atoms with E-state index in [2.05, 4.69) is 9.56 Å². The molecule has 0 aromatic heterocycles. The second-order valence-corrected chi connectivity index (χ2v) is 5.38. The molecule has 0 radical (unpaired) electrons. The molecular formula is C13H13O4P. The maximum absolute atomic E-state index is 11.8. The van der Waals surface area contributed by atoms with E-state index in [9.17, 15) is 9.46 Å². The highest BCUT2D eigenvalue weighted by Gasteiger charge is 2.23. The Labute approximate surface area is 105 Å². The Bertz CT molecular complexity index is 568. The third-order valence-corrected chi connectivity index (χ3v) is 3.74. The van der Waals surface area contributed by atoms with Crippen LogP contribution in [0.15, 0.2) is 54.6 Å². The molecule has 94 valence electrons. The fourth-order valence-electron chi connectivity index (χ4n) is 1.64. The zero-order valence-corrected chi connectivity index (χ0v) is 10.7. The molecule has 2 aromatic rings. The lowest BCUT2D eigenvalue weighted by Gasteiger charge is -2.10. The molecule has 0 spiro atoms. The van der Waals surface area contributed by atoms with E-state index in [-0.39, 0.29) is 5.30 Å². The lowest BCUT2D eigenvalue weighted by atomic mass is 10.1. The Balaban J connectivity index is 2.40. The topological polar surface area (TPSA) is 55.8 Å². The first-order valence-electron chi connectivity index (χ1n) is 5.35. The van der Waals surface area contributed by atoms with Gasteiger partial charge in [-0.2, -0.15) is 0 Å². The summed E-state index contributed by atoms with van der Waals surface area (Å²) in [4.78, 5) is 14.0. The van der Waals surface area contributed by atoms with Crippen LogP contribution >= 0.6 is 7.60 Å². The largest absolute Gasteiger partial charge is 0.385 e. The Kier molecular flexibility index (Phi) is 3.94. The lowest BCUT2D eigenvalue weighted by Crippen LogP contribution is -2.06. The number of benzene rings is 2. The van der Waals surface area contributed by atoms with Gasteiger partial charge in [-0.05, 0) is 23.3 Å². The van der Waals surface area contributed by atoms with E-state index in [0.29, 0.717) is 0 Å². The Hall–Kier alpha value is -1.45. The van der Waals surface area contributed by atoms with E-state index in [1.807, 2.05) is 36.4 Å². The van der Waals surface area contributed by atoms with E-state index < -0.39 is 7.60 Å². The predicted molar refractivity (Wildman–Crippen MR) is 69.4 cm³/mol. The summed E-state index contributed by atoms with van der Waals surface area (Å²) in [5, 5.41) is 0.200. The summed E-state index contributed by atoms with van der Waals surface area (Å²) in [6.45, 7) is 0. The summed E-state index contributed by atoms with van der Waals surface area (Å²) in [6.07, 6.45) is 0. The van der Waals surface area contributed by atoms with Crippen LogP contribution in [0.4, 0.5) is 0 Å². The molecule has 0 fully saturated rings. The van der Waals surface area contributed by atoms with Crippen LogP contribution < -0.4 is 5.30 Å². The summed E-state index contributed by atoms with van der Waals surface area (Å²) in [7, 11) is -2.72. The van der Waals surface area contributed by atoms with Crippen molar-refractivity contribution in [1.29, 1.82) is 0 Å². The first kappa shape index (κ1) is 13.0. The van der Waals surface area contributed by atoms with Gasteiger partial charge in [-0.1, -0.05) is 42.5 Å². The summed E-state index contributed by atoms with van der Waals surface area (Å²) >= 11 is 0. The molecule has 0 saturated carbocycles. The van der Waals surface area contributed by atoms with E-state index in [1.54, 1.807) is 12.1 Å². The minimum absolute atomic E-state index is 0.200. The predicted octanol–water partition coefficient (Wildman–Crippen LogP) is 2.74. The monoisotopic (exact) mass is 264 g/mol. The summed E-state index contributed by atoms with van der Waals surface area (Å²) in [6, 6.07) is 16.3. The Morgan fingerprint density at radius 2 is 1.67 bits per heavy atom. The number of rotatable bonds is 4. The molecule has 2 aromatic carbocycles. The van der Waals surface area contributed by atoms with Crippen LogP contribution in [0.25, 0.3) is 11.1 Å². The van der Waals surface area contributed by atoms with E-state index in [1.165, 1.54) is 13.2 Å². The Morgan fingerprint density at radius 1 is 1.00 bits per heavy atom. The molecule has 0 aliphatic heterocycles. The molecule has 0 aliphatic carbocycles. The van der Waals surface area contributed by atoms with Crippen molar-refractivity contribution >= 4 is 12.9 Å². The average Bonchev–Trinajstić information content (AvgIpc) is 2.40. The molecule has 1 unspecified atom stereocenters. The molecule has 0 amide bonds. The maximum atomic E-state index is 11.8. The molecule has 0 heterocycles. The molecule has 2 rings (SSSR count). The zero-order valence-electron chi connectivity index (χ0n) is 9.82. The van der Waals surface area contributed by atoms with E-state index in [0.717, 1.165) is 11.1 Å². The molecule has 4 nitrogen and oxygen atoms in total. The minimum atomic E-state index is -3.91. The van der Waals surface area contributed by atoms with Gasteiger partial charge in [-0.25, -0.2) is 4.89 Å². The standard InChI is InChI=1S/C13H13O4P/c1-16-17-18(14,15)13-9-5-8-12(10-13)11-6-3-2-4-7-11/h2-10H,1H3,(H,14,15). The molecule has 5 heteroatoms. The molecular weight excluding hydrogens is 251 g/mol. The first-order chi connectivity index (χ1) is 8.63. The fraction of sp³-hybridized carbons (Fsp3) is 0.0769. The van der Waals surface area contributed by atoms with Gasteiger partial charge in [0.1, 0.15) is 0 Å². The molecule has 1 atom stereocenters. The average molecular weight is 264 g/mol. The quantitative estimate of drug-likeness (QED) is 0.524. The first-order valence-corrected chi connectivity index (χ1v) is 6.92. The van der Waals surface area contributed by atoms with Crippen molar-refractivity contribution in [2.24, 2.45) is 0 Å². The molecule has 0 saturated heterocycles. The summed E-state index contributed by atoms with van der Waals surface area (Å²) in [5.74, 6) is 0. The minimum Gasteiger partial charge on any atom is -0.319 e. The lowest BCUT2D eigenvalue weighted by molar-refractivity contribution is -0.182. The fourth-order valence-corrected chi connectivity index (χ4v) is 2.50. The van der Waals surface area contributed by atoms with Gasteiger partial charge < -0.3 is 4.89 Å². The SMILES string of the molecule is COOP(=O)(O)c1cccc(-c2ccccc2)c1. The normalized spacial score (nSPS) is 14.1. The van der Waals surface area contributed by atoms with E-state index in [4.69, 9.17) is 0 Å². The van der Waals surface area contributed by atoms with Crippen molar-refractivity contribution in [3.8, 4) is 11.1 Å². The van der Waals surface area contributed by atoms with Crippen molar-refractivity contribution in [1.82, 2.24) is 0 Å². The summed E-state index contributed by atoms with van der Waals surface area (Å²) in [5.41, 5.74) is 1.82. The maximum Gasteiger partial charge on any atom is 0.385 e. The van der Waals surface area contributed by atoms with Crippen molar-refractivity contribution in [3.63, 3.8) is 0 Å². The van der Waals surface area contributed by atoms with Crippen LogP contribution in [0.5, 0.6) is 0 Å². The molecule has 1 N–H and O–H groups in total. The van der Waals surface area contributed by atoms with Gasteiger partial charge in [0.15, 0.2) is 0 Å². The van der Waals surface area contributed by atoms with Crippen LogP contribution in [-0.2, 0) is 14.1 Å². The van der Waals surface area contributed by atoms with Gasteiger partial charge >= 0.3 is 7.60 Å². The van der Waals surface area contributed by atoms with Gasteiger partial charge in [-0.15, -0.1) is 4.67 Å². The van der Waals surface area contributed by atoms with Gasteiger partial charge in [0.25, 0.3) is 0 Å². The van der Waals surface area contributed by atoms with Crippen molar-refractivity contribution in [2.75, 3.05) is 7.11 Å². The molecule has 18 heavy (non-hydrogen) atoms. The van der Waals surface area contributed by atoms with Crippen molar-refractivity contribution < 1.29 is 19.0 Å². The van der Waals surface area contributed by atoms with Gasteiger partial charge in [0.05, 0.1) is 12.4 Å². The van der Waals surface area contributed by atoms with Gasteiger partial charge in [0, 0.05) is 0 Å². The second-order valence-electron chi connectivity index (χ2n) is 3.68. The number of hydrogen-bond acceptors (Lipinski definition) is 3. The third-order valence-electron chi connectivity index (χ3n) is 2.46. The molecule has 0 bridgehead atoms. The zero-order chi connectivity index (χ0) is 13.0. The third kappa shape index (κ3) is 2.86. The Morgan fingerprint density at radius 3 is 2.33 bits per heavy atom. The van der Waals surface area contributed by atoms with Crippen molar-refractivity contribution in [3.05, 3.63) is 54.6 Å². The highest BCUT2D eigenvalue weighted by molar-refractivity contribution is 7.61. The van der Waals surface area contributed by atoms with Gasteiger partial charge in [-0.3, -0.25) is 4.57 Å². The van der Waals surface area contributed by atoms with Gasteiger partial charge in [0.2, 0.25) is 0 Å². The van der Waals surface area contributed by atoms with Crippen LogP contribution in [0.2, 0.25) is 0 Å². The molecule has 0 aliphatic rings.